The van der Waals surface area contributed by atoms with E-state index in [1.54, 1.807) is 4.90 Å². The predicted octanol–water partition coefficient (Wildman–Crippen LogP) is 7.14. The Labute approximate surface area is 204 Å². The highest BCUT2D eigenvalue weighted by Crippen LogP contribution is 2.47. The standard InChI is InChI=1S/C28H40ClNO3/c1-27(2,3)15-14-21-12-13-22(17-24(21)29)28(4)18-25(31)30(16-8-11-26(32)33)19-23(28)20-9-6-5-7-10-20/h12-13,17,19-20H,5-11,14-16,18H2,1-4H3,(H,32,33)/t28-/m0/s1. The van der Waals surface area contributed by atoms with Gasteiger partial charge in [0.2, 0.25) is 5.91 Å². The number of carboxylic acids is 1. The highest BCUT2D eigenvalue weighted by molar-refractivity contribution is 6.31. The van der Waals surface area contributed by atoms with Crippen molar-refractivity contribution in [2.24, 2.45) is 11.3 Å². The van der Waals surface area contributed by atoms with Gasteiger partial charge in [-0.25, -0.2) is 0 Å². The first-order valence-corrected chi connectivity index (χ1v) is 12.9. The minimum absolute atomic E-state index is 0.0652. The second kappa shape index (κ2) is 10.6. The number of hydrogen-bond donors (Lipinski definition) is 1. The average molecular weight is 474 g/mol. The lowest BCUT2D eigenvalue weighted by molar-refractivity contribution is -0.138. The Morgan fingerprint density at radius 3 is 2.52 bits per heavy atom. The van der Waals surface area contributed by atoms with Crippen LogP contribution in [-0.4, -0.2) is 28.4 Å². The van der Waals surface area contributed by atoms with Crippen LogP contribution in [0.4, 0.5) is 0 Å². The molecule has 0 aromatic heterocycles. The van der Waals surface area contributed by atoms with E-state index >= 15 is 0 Å². The van der Waals surface area contributed by atoms with Gasteiger partial charge in [-0.05, 0) is 66.2 Å². The molecule has 1 N–H and O–H groups in total. The molecule has 2 aliphatic rings. The Hall–Kier alpha value is -1.81. The maximum atomic E-state index is 13.2. The van der Waals surface area contributed by atoms with Crippen LogP contribution in [0.3, 0.4) is 0 Å². The van der Waals surface area contributed by atoms with E-state index in [1.807, 2.05) is 0 Å². The number of carboxylic acid groups (broad SMARTS) is 1. The van der Waals surface area contributed by atoms with Crippen molar-refractivity contribution in [3.05, 3.63) is 46.1 Å². The van der Waals surface area contributed by atoms with Gasteiger partial charge in [-0.1, -0.05) is 70.7 Å². The highest BCUT2D eigenvalue weighted by atomic mass is 35.5. The Kier molecular flexibility index (Phi) is 8.31. The van der Waals surface area contributed by atoms with E-state index < -0.39 is 5.97 Å². The first kappa shape index (κ1) is 25.8. The SMILES string of the molecule is CC(C)(C)CCc1ccc([C@]2(C)CC(=O)N(CCCC(=O)O)C=C2C2CCCCC2)cc1Cl. The van der Waals surface area contributed by atoms with Crippen molar-refractivity contribution in [1.82, 2.24) is 4.90 Å². The summed E-state index contributed by atoms with van der Waals surface area (Å²) in [5.41, 5.74) is 3.47. The van der Waals surface area contributed by atoms with Crippen LogP contribution in [0.25, 0.3) is 0 Å². The number of rotatable bonds is 8. The van der Waals surface area contributed by atoms with E-state index in [0.29, 0.717) is 25.3 Å². The largest absolute Gasteiger partial charge is 0.481 e. The molecule has 0 spiro atoms. The number of amides is 1. The third-order valence-corrected chi connectivity index (χ3v) is 7.78. The summed E-state index contributed by atoms with van der Waals surface area (Å²) in [6.07, 6.45) is 11.0. The maximum Gasteiger partial charge on any atom is 0.303 e. The number of nitrogens with zero attached hydrogens (tertiary/aromatic N) is 1. The molecule has 1 aliphatic carbocycles. The van der Waals surface area contributed by atoms with E-state index in [1.165, 1.54) is 30.4 Å². The smallest absolute Gasteiger partial charge is 0.303 e. The minimum atomic E-state index is -0.818. The molecule has 0 radical (unpaired) electrons. The molecule has 3 rings (SSSR count). The van der Waals surface area contributed by atoms with Crippen LogP contribution in [0.1, 0.15) is 96.6 Å². The van der Waals surface area contributed by atoms with Crippen molar-refractivity contribution >= 4 is 23.5 Å². The molecule has 1 aromatic carbocycles. The van der Waals surface area contributed by atoms with Crippen LogP contribution in [0, 0.1) is 11.3 Å². The van der Waals surface area contributed by atoms with Crippen LogP contribution in [0.5, 0.6) is 0 Å². The van der Waals surface area contributed by atoms with Crippen LogP contribution in [-0.2, 0) is 21.4 Å². The molecule has 0 bridgehead atoms. The van der Waals surface area contributed by atoms with E-state index in [-0.39, 0.29) is 23.2 Å². The zero-order valence-corrected chi connectivity index (χ0v) is 21.5. The average Bonchev–Trinajstić information content (AvgIpc) is 2.74. The van der Waals surface area contributed by atoms with Crippen molar-refractivity contribution in [2.75, 3.05) is 6.54 Å². The third kappa shape index (κ3) is 6.62. The van der Waals surface area contributed by atoms with Crippen LogP contribution in [0.15, 0.2) is 30.0 Å². The lowest BCUT2D eigenvalue weighted by atomic mass is 9.65. The van der Waals surface area contributed by atoms with Gasteiger partial charge >= 0.3 is 5.97 Å². The monoisotopic (exact) mass is 473 g/mol. The van der Waals surface area contributed by atoms with E-state index in [0.717, 1.165) is 36.3 Å². The molecule has 0 unspecified atom stereocenters. The Morgan fingerprint density at radius 1 is 1.21 bits per heavy atom. The van der Waals surface area contributed by atoms with E-state index in [2.05, 4.69) is 52.1 Å². The number of halogens is 1. The van der Waals surface area contributed by atoms with Gasteiger partial charge in [-0.2, -0.15) is 0 Å². The Balaban J connectivity index is 1.91. The summed E-state index contributed by atoms with van der Waals surface area (Å²) in [6.45, 7) is 9.39. The van der Waals surface area contributed by atoms with Gasteiger partial charge in [0.05, 0.1) is 0 Å². The molecule has 4 nitrogen and oxygen atoms in total. The highest BCUT2D eigenvalue weighted by Gasteiger charge is 2.42. The lowest BCUT2D eigenvalue weighted by Crippen LogP contribution is -2.43. The Bertz CT molecular complexity index is 895. The zero-order valence-electron chi connectivity index (χ0n) is 20.8. The fraction of sp³-hybridized carbons (Fsp3) is 0.643. The molecule has 182 valence electrons. The van der Waals surface area contributed by atoms with Gasteiger partial charge in [-0.15, -0.1) is 0 Å². The summed E-state index contributed by atoms with van der Waals surface area (Å²) in [7, 11) is 0. The van der Waals surface area contributed by atoms with Crippen molar-refractivity contribution in [3.63, 3.8) is 0 Å². The van der Waals surface area contributed by atoms with Crippen LogP contribution >= 0.6 is 11.6 Å². The summed E-state index contributed by atoms with van der Waals surface area (Å²) >= 11 is 6.77. The summed E-state index contributed by atoms with van der Waals surface area (Å²) in [6, 6.07) is 6.41. The van der Waals surface area contributed by atoms with Crippen molar-refractivity contribution in [2.45, 2.75) is 97.3 Å². The quantitative estimate of drug-likeness (QED) is 0.436. The zero-order chi connectivity index (χ0) is 24.2. The molecule has 5 heteroatoms. The van der Waals surface area contributed by atoms with Gasteiger partial charge in [0.15, 0.2) is 0 Å². The topological polar surface area (TPSA) is 57.6 Å². The fourth-order valence-corrected chi connectivity index (χ4v) is 5.59. The second-order valence-electron chi connectivity index (χ2n) is 11.4. The second-order valence-corrected chi connectivity index (χ2v) is 11.8. The number of allylic oxidation sites excluding steroid dienone is 1. The summed E-state index contributed by atoms with van der Waals surface area (Å²) in [5, 5.41) is 9.79. The van der Waals surface area contributed by atoms with Gasteiger partial charge in [0, 0.05) is 36.0 Å². The molecule has 33 heavy (non-hydrogen) atoms. The number of benzene rings is 1. The maximum absolute atomic E-state index is 13.2. The third-order valence-electron chi connectivity index (χ3n) is 7.43. The van der Waals surface area contributed by atoms with Gasteiger partial charge in [0.25, 0.3) is 0 Å². The molecule has 1 saturated carbocycles. The molecular formula is C28H40ClNO3. The summed E-state index contributed by atoms with van der Waals surface area (Å²) < 4.78 is 0. The molecular weight excluding hydrogens is 434 g/mol. The minimum Gasteiger partial charge on any atom is -0.481 e. The summed E-state index contributed by atoms with van der Waals surface area (Å²) in [4.78, 5) is 25.9. The van der Waals surface area contributed by atoms with E-state index in [4.69, 9.17) is 16.7 Å². The fourth-order valence-electron chi connectivity index (χ4n) is 5.32. The molecule has 1 fully saturated rings. The number of aryl methyl sites for hydroxylation is 1. The van der Waals surface area contributed by atoms with E-state index in [9.17, 15) is 9.59 Å². The molecule has 1 atom stereocenters. The van der Waals surface area contributed by atoms with Crippen molar-refractivity contribution in [1.29, 1.82) is 0 Å². The first-order valence-electron chi connectivity index (χ1n) is 12.5. The van der Waals surface area contributed by atoms with Crippen molar-refractivity contribution < 1.29 is 14.7 Å². The number of hydrogen-bond acceptors (Lipinski definition) is 2. The normalized spacial score (nSPS) is 22.4. The molecule has 1 aliphatic heterocycles. The van der Waals surface area contributed by atoms with Gasteiger partial charge in [-0.3, -0.25) is 9.59 Å². The number of aliphatic carboxylic acids is 1. The number of carbonyl (C=O) groups excluding carboxylic acids is 1. The molecule has 0 saturated heterocycles. The first-order chi connectivity index (χ1) is 15.5. The van der Waals surface area contributed by atoms with Gasteiger partial charge < -0.3 is 10.0 Å². The van der Waals surface area contributed by atoms with Crippen LogP contribution in [0.2, 0.25) is 5.02 Å². The number of carbonyl (C=O) groups is 2. The Morgan fingerprint density at radius 2 is 1.91 bits per heavy atom. The molecule has 1 heterocycles. The lowest BCUT2D eigenvalue weighted by Gasteiger charge is -2.43. The molecule has 1 aromatic rings. The predicted molar refractivity (Wildman–Crippen MR) is 134 cm³/mol. The van der Waals surface area contributed by atoms with Gasteiger partial charge in [0.1, 0.15) is 0 Å². The van der Waals surface area contributed by atoms with Crippen molar-refractivity contribution in [3.8, 4) is 0 Å². The summed E-state index contributed by atoms with van der Waals surface area (Å²) in [5.74, 6) is -0.296. The van der Waals surface area contributed by atoms with Crippen LogP contribution < -0.4 is 0 Å². The molecule has 1 amide bonds.